The Morgan fingerprint density at radius 2 is 1.93 bits per heavy atom. The van der Waals surface area contributed by atoms with Gasteiger partial charge < -0.3 is 20.4 Å². The normalized spacial score (nSPS) is 10.6. The Balaban J connectivity index is 2.47. The number of urea groups is 1. The van der Waals surface area contributed by atoms with Gasteiger partial charge in [0.05, 0.1) is 17.9 Å². The molecule has 0 aliphatic heterocycles. The lowest BCUT2D eigenvalue weighted by Crippen LogP contribution is -2.29. The van der Waals surface area contributed by atoms with E-state index in [0.717, 1.165) is 18.5 Å². The van der Waals surface area contributed by atoms with Crippen molar-refractivity contribution in [3.63, 3.8) is 0 Å². The highest BCUT2D eigenvalue weighted by Gasteiger charge is 2.15. The molecule has 0 aliphatic rings. The van der Waals surface area contributed by atoms with Crippen LogP contribution in [0.4, 0.5) is 10.5 Å². The first-order chi connectivity index (χ1) is 13.5. The van der Waals surface area contributed by atoms with Gasteiger partial charge >= 0.3 is 6.03 Å². The second-order valence-corrected chi connectivity index (χ2v) is 6.49. The van der Waals surface area contributed by atoms with E-state index in [4.69, 9.17) is 4.74 Å². The molecule has 0 bridgehead atoms. The first kappa shape index (κ1) is 21.5. The minimum absolute atomic E-state index is 0.134. The number of hydrogen-bond donors (Lipinski definition) is 3. The van der Waals surface area contributed by atoms with E-state index >= 15 is 0 Å². The monoisotopic (exact) mass is 386 g/mol. The summed E-state index contributed by atoms with van der Waals surface area (Å²) in [5.74, 6) is 1.07. The molecule has 28 heavy (non-hydrogen) atoms. The van der Waals surface area contributed by atoms with Gasteiger partial charge in [-0.15, -0.1) is 0 Å². The van der Waals surface area contributed by atoms with E-state index in [9.17, 15) is 9.59 Å². The van der Waals surface area contributed by atoms with E-state index in [1.54, 1.807) is 18.2 Å². The number of amides is 2. The lowest BCUT2D eigenvalue weighted by atomic mass is 10.1. The Morgan fingerprint density at radius 1 is 1.14 bits per heavy atom. The number of hydrogen-bond acceptors (Lipinski definition) is 4. The third-order valence-corrected chi connectivity index (χ3v) is 4.28. The molecule has 2 amide bonds. The summed E-state index contributed by atoms with van der Waals surface area (Å²) in [5.41, 5.74) is 2.60. The van der Waals surface area contributed by atoms with Crippen LogP contribution in [0.2, 0.25) is 0 Å². The third-order valence-electron chi connectivity index (χ3n) is 4.28. The number of aromatic amines is 1. The summed E-state index contributed by atoms with van der Waals surface area (Å²) in [7, 11) is 0. The molecule has 2 aromatic rings. The fourth-order valence-electron chi connectivity index (χ4n) is 2.87. The number of rotatable bonds is 9. The highest BCUT2D eigenvalue weighted by atomic mass is 16.5. The van der Waals surface area contributed by atoms with Gasteiger partial charge in [0.15, 0.2) is 0 Å². The van der Waals surface area contributed by atoms with Crippen molar-refractivity contribution in [2.24, 2.45) is 0 Å². The third kappa shape index (κ3) is 5.34. The summed E-state index contributed by atoms with van der Waals surface area (Å²) in [4.78, 5) is 32.0. The number of nitrogens with zero attached hydrogens (tertiary/aromatic N) is 1. The molecule has 7 nitrogen and oxygen atoms in total. The number of aromatic nitrogens is 2. The minimum Gasteiger partial charge on any atom is -0.493 e. The van der Waals surface area contributed by atoms with E-state index in [1.807, 2.05) is 27.7 Å². The Kier molecular flexibility index (Phi) is 8.04. The smallest absolute Gasteiger partial charge is 0.319 e. The quantitative estimate of drug-likeness (QED) is 0.609. The standard InChI is InChI=1S/C21H30N4O3/c1-5-11-22-21(27)23-14-9-10-18(28-12-6-2)16(13-14)19-24-17(8-4)15(7-3)20(26)25-19/h9-10,13H,5-8,11-12H2,1-4H3,(H2,22,23,27)(H,24,25,26). The second-order valence-electron chi connectivity index (χ2n) is 6.49. The number of nitrogens with one attached hydrogen (secondary N) is 3. The zero-order valence-electron chi connectivity index (χ0n) is 17.1. The van der Waals surface area contributed by atoms with E-state index in [0.29, 0.717) is 54.4 Å². The highest BCUT2D eigenvalue weighted by molar-refractivity contribution is 5.90. The first-order valence-electron chi connectivity index (χ1n) is 9.98. The fourth-order valence-corrected chi connectivity index (χ4v) is 2.87. The van der Waals surface area contributed by atoms with Crippen LogP contribution in [0.25, 0.3) is 11.4 Å². The molecule has 0 fully saturated rings. The number of carbonyl (C=O) groups excluding carboxylic acids is 1. The summed E-state index contributed by atoms with van der Waals surface area (Å²) >= 11 is 0. The van der Waals surface area contributed by atoms with Crippen molar-refractivity contribution in [3.05, 3.63) is 39.8 Å². The van der Waals surface area contributed by atoms with Crippen LogP contribution in [0.3, 0.4) is 0 Å². The van der Waals surface area contributed by atoms with Crippen LogP contribution >= 0.6 is 0 Å². The van der Waals surface area contributed by atoms with Crippen molar-refractivity contribution >= 4 is 11.7 Å². The average molecular weight is 386 g/mol. The summed E-state index contributed by atoms with van der Waals surface area (Å²) in [6.45, 7) is 9.10. The molecular weight excluding hydrogens is 356 g/mol. The Labute approximate surface area is 165 Å². The van der Waals surface area contributed by atoms with Crippen molar-refractivity contribution in [3.8, 4) is 17.1 Å². The van der Waals surface area contributed by atoms with E-state index in [1.165, 1.54) is 0 Å². The van der Waals surface area contributed by atoms with E-state index in [-0.39, 0.29) is 11.6 Å². The number of benzene rings is 1. The maximum absolute atomic E-state index is 12.5. The van der Waals surface area contributed by atoms with Gasteiger partial charge in [-0.1, -0.05) is 27.7 Å². The lowest BCUT2D eigenvalue weighted by Gasteiger charge is -2.14. The second kappa shape index (κ2) is 10.5. The van der Waals surface area contributed by atoms with Gasteiger partial charge in [0.2, 0.25) is 0 Å². The van der Waals surface area contributed by atoms with E-state index in [2.05, 4.69) is 20.6 Å². The van der Waals surface area contributed by atoms with Crippen LogP contribution in [-0.2, 0) is 12.8 Å². The summed E-state index contributed by atoms with van der Waals surface area (Å²) < 4.78 is 5.85. The van der Waals surface area contributed by atoms with Crippen molar-refractivity contribution in [2.45, 2.75) is 53.4 Å². The van der Waals surface area contributed by atoms with Gasteiger partial charge in [-0.2, -0.15) is 0 Å². The summed E-state index contributed by atoms with van der Waals surface area (Å²) in [5, 5.41) is 5.59. The molecule has 7 heteroatoms. The molecule has 0 radical (unpaired) electrons. The van der Waals surface area contributed by atoms with Gasteiger partial charge in [0, 0.05) is 17.8 Å². The SMILES string of the molecule is CCCNC(=O)Nc1ccc(OCCC)c(-c2nc(CC)c(CC)c(=O)[nH]2)c1. The van der Waals surface area contributed by atoms with Gasteiger partial charge in [-0.3, -0.25) is 4.79 Å². The zero-order chi connectivity index (χ0) is 20.5. The van der Waals surface area contributed by atoms with Crippen LogP contribution in [0.1, 0.15) is 51.8 Å². The number of H-pyrrole nitrogens is 1. The summed E-state index contributed by atoms with van der Waals surface area (Å²) in [6, 6.07) is 5.07. The molecule has 0 spiro atoms. The molecule has 152 valence electrons. The van der Waals surface area contributed by atoms with Crippen molar-refractivity contribution < 1.29 is 9.53 Å². The number of ether oxygens (including phenoxy) is 1. The molecule has 1 aromatic carbocycles. The first-order valence-corrected chi connectivity index (χ1v) is 9.98. The minimum atomic E-state index is -0.271. The molecule has 1 aromatic heterocycles. The number of anilines is 1. The molecule has 2 rings (SSSR count). The van der Waals surface area contributed by atoms with Crippen LogP contribution in [0.5, 0.6) is 5.75 Å². The number of aryl methyl sites for hydroxylation is 1. The van der Waals surface area contributed by atoms with Crippen LogP contribution in [0.15, 0.2) is 23.0 Å². The number of carbonyl (C=O) groups is 1. The van der Waals surface area contributed by atoms with Gasteiger partial charge in [0.1, 0.15) is 11.6 Å². The van der Waals surface area contributed by atoms with Gasteiger partial charge in [-0.05, 0) is 43.9 Å². The molecule has 0 aliphatic carbocycles. The molecule has 0 saturated carbocycles. The molecule has 0 unspecified atom stereocenters. The van der Waals surface area contributed by atoms with E-state index < -0.39 is 0 Å². The van der Waals surface area contributed by atoms with Crippen molar-refractivity contribution in [1.82, 2.24) is 15.3 Å². The van der Waals surface area contributed by atoms with Gasteiger partial charge in [0.25, 0.3) is 5.56 Å². The van der Waals surface area contributed by atoms with Crippen LogP contribution < -0.4 is 20.9 Å². The highest BCUT2D eigenvalue weighted by Crippen LogP contribution is 2.31. The lowest BCUT2D eigenvalue weighted by molar-refractivity contribution is 0.252. The van der Waals surface area contributed by atoms with Crippen molar-refractivity contribution in [1.29, 1.82) is 0 Å². The van der Waals surface area contributed by atoms with Crippen molar-refractivity contribution in [2.75, 3.05) is 18.5 Å². The molecule has 1 heterocycles. The van der Waals surface area contributed by atoms with Gasteiger partial charge in [-0.25, -0.2) is 9.78 Å². The topological polar surface area (TPSA) is 96.1 Å². The Bertz CT molecular complexity index is 861. The zero-order valence-corrected chi connectivity index (χ0v) is 17.1. The summed E-state index contributed by atoms with van der Waals surface area (Å²) in [6.07, 6.45) is 3.02. The predicted molar refractivity (Wildman–Crippen MR) is 112 cm³/mol. The van der Waals surface area contributed by atoms with Crippen LogP contribution in [0, 0.1) is 0 Å². The molecule has 0 atom stereocenters. The molecular formula is C21H30N4O3. The largest absolute Gasteiger partial charge is 0.493 e. The Morgan fingerprint density at radius 3 is 2.57 bits per heavy atom. The van der Waals surface area contributed by atoms with Crippen LogP contribution in [-0.4, -0.2) is 29.2 Å². The fraction of sp³-hybridized carbons (Fsp3) is 0.476. The Hall–Kier alpha value is -2.83. The maximum Gasteiger partial charge on any atom is 0.319 e. The predicted octanol–water partition coefficient (Wildman–Crippen LogP) is 3.88. The molecule has 0 saturated heterocycles. The molecule has 3 N–H and O–H groups in total. The average Bonchev–Trinajstić information content (AvgIpc) is 2.70. The maximum atomic E-state index is 12.5.